The highest BCUT2D eigenvalue weighted by molar-refractivity contribution is 9.11. The summed E-state index contributed by atoms with van der Waals surface area (Å²) < 4.78 is 1.83. The van der Waals surface area contributed by atoms with Gasteiger partial charge in [-0.2, -0.15) is 0 Å². The zero-order valence-electron chi connectivity index (χ0n) is 12.5. The first-order valence-corrected chi connectivity index (χ1v) is 8.34. The Bertz CT molecular complexity index is 651. The Kier molecular flexibility index (Phi) is 4.99. The predicted molar refractivity (Wildman–Crippen MR) is 93.5 cm³/mol. The summed E-state index contributed by atoms with van der Waals surface area (Å²) in [5.74, 6) is 1.49. The second-order valence-corrected chi connectivity index (χ2v) is 7.44. The summed E-state index contributed by atoms with van der Waals surface area (Å²) in [7, 11) is 0. The molecule has 6 heteroatoms. The first kappa shape index (κ1) is 16.4. The molecule has 0 aliphatic rings. The maximum absolute atomic E-state index is 4.74. The number of aromatic nitrogens is 3. The van der Waals surface area contributed by atoms with Gasteiger partial charge in [-0.25, -0.2) is 9.97 Å². The van der Waals surface area contributed by atoms with Crippen LogP contribution in [0.1, 0.15) is 33.4 Å². The second-order valence-electron chi connectivity index (χ2n) is 5.73. The van der Waals surface area contributed by atoms with Gasteiger partial charge in [-0.05, 0) is 44.8 Å². The normalized spacial score (nSPS) is 11.5. The molecule has 0 unspecified atom stereocenters. The van der Waals surface area contributed by atoms with Crippen LogP contribution < -0.4 is 5.32 Å². The van der Waals surface area contributed by atoms with Crippen molar-refractivity contribution in [2.24, 2.45) is 0 Å². The molecule has 2 rings (SSSR count). The standard InChI is InChI=1S/C15H18Br2N4/c1-5-19-14-11(17)12(15(2,3)4)20-13(21-14)9-6-10(16)8-18-7-9/h6-8H,5H2,1-4H3,(H,19,20,21). The van der Waals surface area contributed by atoms with Crippen molar-refractivity contribution in [3.8, 4) is 11.4 Å². The average molecular weight is 414 g/mol. The van der Waals surface area contributed by atoms with Gasteiger partial charge in [0.25, 0.3) is 0 Å². The number of rotatable bonds is 3. The molecule has 0 aliphatic heterocycles. The molecule has 0 atom stereocenters. The molecule has 21 heavy (non-hydrogen) atoms. The Hall–Kier alpha value is -1.01. The molecule has 0 amide bonds. The third-order valence-corrected chi connectivity index (χ3v) is 4.05. The number of hydrogen-bond acceptors (Lipinski definition) is 4. The monoisotopic (exact) mass is 412 g/mol. The van der Waals surface area contributed by atoms with Crippen molar-refractivity contribution < 1.29 is 0 Å². The molecule has 2 aromatic heterocycles. The van der Waals surface area contributed by atoms with Gasteiger partial charge >= 0.3 is 0 Å². The van der Waals surface area contributed by atoms with E-state index in [9.17, 15) is 0 Å². The Balaban J connectivity index is 2.64. The molecule has 112 valence electrons. The van der Waals surface area contributed by atoms with Crippen molar-refractivity contribution in [2.75, 3.05) is 11.9 Å². The summed E-state index contributed by atoms with van der Waals surface area (Å²) in [6, 6.07) is 1.97. The number of pyridine rings is 1. The van der Waals surface area contributed by atoms with E-state index in [4.69, 9.17) is 4.98 Å². The molecular weight excluding hydrogens is 396 g/mol. The Morgan fingerprint density at radius 2 is 1.86 bits per heavy atom. The summed E-state index contributed by atoms with van der Waals surface area (Å²) in [6.07, 6.45) is 3.52. The van der Waals surface area contributed by atoms with Crippen LogP contribution >= 0.6 is 31.9 Å². The summed E-state index contributed by atoms with van der Waals surface area (Å²) >= 11 is 7.07. The fourth-order valence-corrected chi connectivity index (χ4v) is 3.17. The first-order chi connectivity index (χ1) is 9.82. The first-order valence-electron chi connectivity index (χ1n) is 6.75. The van der Waals surface area contributed by atoms with Gasteiger partial charge in [-0.15, -0.1) is 0 Å². The summed E-state index contributed by atoms with van der Waals surface area (Å²) in [6.45, 7) is 9.26. The molecule has 0 radical (unpaired) electrons. The lowest BCUT2D eigenvalue weighted by atomic mass is 9.91. The molecule has 1 N–H and O–H groups in total. The van der Waals surface area contributed by atoms with Crippen molar-refractivity contribution in [1.29, 1.82) is 0 Å². The molecule has 0 bridgehead atoms. The minimum absolute atomic E-state index is 0.0832. The molecular formula is C15H18Br2N4. The third-order valence-electron chi connectivity index (χ3n) is 2.87. The van der Waals surface area contributed by atoms with Crippen LogP contribution in [0, 0.1) is 0 Å². The molecule has 0 aliphatic carbocycles. The van der Waals surface area contributed by atoms with E-state index in [1.807, 2.05) is 13.0 Å². The van der Waals surface area contributed by atoms with Gasteiger partial charge in [0.2, 0.25) is 0 Å². The highest BCUT2D eigenvalue weighted by atomic mass is 79.9. The Morgan fingerprint density at radius 3 is 2.43 bits per heavy atom. The van der Waals surface area contributed by atoms with Crippen LogP contribution in [-0.2, 0) is 5.41 Å². The number of hydrogen-bond donors (Lipinski definition) is 1. The van der Waals surface area contributed by atoms with Crippen LogP contribution in [0.15, 0.2) is 27.4 Å². The smallest absolute Gasteiger partial charge is 0.163 e. The molecule has 0 aromatic carbocycles. The fourth-order valence-electron chi connectivity index (χ4n) is 1.89. The number of halogens is 2. The molecule has 0 saturated carbocycles. The largest absolute Gasteiger partial charge is 0.369 e. The van der Waals surface area contributed by atoms with Crippen LogP contribution in [-0.4, -0.2) is 21.5 Å². The zero-order chi connectivity index (χ0) is 15.6. The van der Waals surface area contributed by atoms with Crippen LogP contribution in [0.4, 0.5) is 5.82 Å². The summed E-state index contributed by atoms with van der Waals surface area (Å²) in [5.41, 5.74) is 1.78. The quantitative estimate of drug-likeness (QED) is 0.785. The lowest BCUT2D eigenvalue weighted by Gasteiger charge is -2.22. The average Bonchev–Trinajstić information content (AvgIpc) is 2.40. The van der Waals surface area contributed by atoms with Crippen LogP contribution in [0.3, 0.4) is 0 Å². The van der Waals surface area contributed by atoms with E-state index < -0.39 is 0 Å². The number of anilines is 1. The van der Waals surface area contributed by atoms with E-state index in [2.05, 4.69) is 67.9 Å². The van der Waals surface area contributed by atoms with E-state index in [0.717, 1.165) is 32.6 Å². The highest BCUT2D eigenvalue weighted by Gasteiger charge is 2.23. The van der Waals surface area contributed by atoms with Crippen molar-refractivity contribution >= 4 is 37.7 Å². The molecule has 4 nitrogen and oxygen atoms in total. The van der Waals surface area contributed by atoms with Crippen molar-refractivity contribution in [2.45, 2.75) is 33.1 Å². The summed E-state index contributed by atoms with van der Waals surface area (Å²) in [4.78, 5) is 13.5. The topological polar surface area (TPSA) is 50.7 Å². The van der Waals surface area contributed by atoms with Gasteiger partial charge in [0, 0.05) is 34.4 Å². The fraction of sp³-hybridized carbons (Fsp3) is 0.400. The molecule has 0 saturated heterocycles. The summed E-state index contributed by atoms with van der Waals surface area (Å²) in [5, 5.41) is 3.28. The van der Waals surface area contributed by atoms with Crippen LogP contribution in [0.25, 0.3) is 11.4 Å². The minimum Gasteiger partial charge on any atom is -0.369 e. The van der Waals surface area contributed by atoms with Gasteiger partial charge in [0.1, 0.15) is 5.82 Å². The van der Waals surface area contributed by atoms with Gasteiger partial charge in [0.15, 0.2) is 5.82 Å². The van der Waals surface area contributed by atoms with Gasteiger partial charge < -0.3 is 5.32 Å². The van der Waals surface area contributed by atoms with Crippen LogP contribution in [0.5, 0.6) is 0 Å². The minimum atomic E-state index is -0.0832. The maximum atomic E-state index is 4.74. The predicted octanol–water partition coefficient (Wildman–Crippen LogP) is 4.79. The van der Waals surface area contributed by atoms with Crippen molar-refractivity contribution in [1.82, 2.24) is 15.0 Å². The number of nitrogens with one attached hydrogen (secondary N) is 1. The Morgan fingerprint density at radius 1 is 1.14 bits per heavy atom. The highest BCUT2D eigenvalue weighted by Crippen LogP contribution is 2.34. The van der Waals surface area contributed by atoms with E-state index in [-0.39, 0.29) is 5.41 Å². The molecule has 2 heterocycles. The van der Waals surface area contributed by atoms with Gasteiger partial charge in [0.05, 0.1) is 10.2 Å². The third kappa shape index (κ3) is 3.80. The van der Waals surface area contributed by atoms with E-state index in [1.165, 1.54) is 0 Å². The Labute approximate surface area is 142 Å². The van der Waals surface area contributed by atoms with Gasteiger partial charge in [-0.3, -0.25) is 4.98 Å². The zero-order valence-corrected chi connectivity index (χ0v) is 15.7. The van der Waals surface area contributed by atoms with E-state index in [1.54, 1.807) is 12.4 Å². The SMILES string of the molecule is CCNc1nc(-c2cncc(Br)c2)nc(C(C)(C)C)c1Br. The lowest BCUT2D eigenvalue weighted by Crippen LogP contribution is -2.17. The molecule has 2 aromatic rings. The van der Waals surface area contributed by atoms with E-state index in [0.29, 0.717) is 5.82 Å². The van der Waals surface area contributed by atoms with E-state index >= 15 is 0 Å². The lowest BCUT2D eigenvalue weighted by molar-refractivity contribution is 0.564. The maximum Gasteiger partial charge on any atom is 0.163 e. The van der Waals surface area contributed by atoms with Gasteiger partial charge in [-0.1, -0.05) is 20.8 Å². The van der Waals surface area contributed by atoms with Crippen molar-refractivity contribution in [3.63, 3.8) is 0 Å². The number of nitrogens with zero attached hydrogens (tertiary/aromatic N) is 3. The molecule has 0 fully saturated rings. The van der Waals surface area contributed by atoms with Crippen LogP contribution in [0.2, 0.25) is 0 Å². The molecule has 0 spiro atoms. The van der Waals surface area contributed by atoms with Crippen molar-refractivity contribution in [3.05, 3.63) is 33.1 Å². The second kappa shape index (κ2) is 6.40.